The van der Waals surface area contributed by atoms with E-state index in [-0.39, 0.29) is 11.1 Å². The van der Waals surface area contributed by atoms with Crippen molar-refractivity contribution in [2.24, 2.45) is 0 Å². The number of benzene rings is 1. The maximum Gasteiger partial charge on any atom is 0.271 e. The smallest absolute Gasteiger partial charge is 0.271 e. The van der Waals surface area contributed by atoms with E-state index >= 15 is 0 Å². The SMILES string of the molecule is O=C(Nc1nc2c(s1)CCCC2)c1cnc2sc(Cc3ccccc3)cn2c1=O. The lowest BCUT2D eigenvalue weighted by molar-refractivity contribution is 0.102. The van der Waals surface area contributed by atoms with Crippen molar-refractivity contribution in [3.05, 3.63) is 79.7 Å². The van der Waals surface area contributed by atoms with Gasteiger partial charge >= 0.3 is 0 Å². The van der Waals surface area contributed by atoms with E-state index in [0.29, 0.717) is 10.1 Å². The number of aryl methyl sites for hydroxylation is 2. The Morgan fingerprint density at radius 1 is 1.14 bits per heavy atom. The minimum Gasteiger partial charge on any atom is -0.298 e. The zero-order chi connectivity index (χ0) is 19.8. The van der Waals surface area contributed by atoms with Crippen molar-refractivity contribution in [3.8, 4) is 0 Å². The highest BCUT2D eigenvalue weighted by molar-refractivity contribution is 7.17. The van der Waals surface area contributed by atoms with Crippen molar-refractivity contribution in [3.63, 3.8) is 0 Å². The number of hydrogen-bond donors (Lipinski definition) is 1. The van der Waals surface area contributed by atoms with Gasteiger partial charge in [0.2, 0.25) is 0 Å². The second kappa shape index (κ2) is 7.53. The maximum atomic E-state index is 12.9. The van der Waals surface area contributed by atoms with Gasteiger partial charge in [-0.2, -0.15) is 0 Å². The van der Waals surface area contributed by atoms with Crippen LogP contribution in [0.2, 0.25) is 0 Å². The first kappa shape index (κ1) is 18.2. The van der Waals surface area contributed by atoms with E-state index in [9.17, 15) is 9.59 Å². The highest BCUT2D eigenvalue weighted by Gasteiger charge is 2.19. The van der Waals surface area contributed by atoms with Crippen molar-refractivity contribution in [1.82, 2.24) is 14.4 Å². The molecule has 0 bridgehead atoms. The molecule has 1 aliphatic rings. The van der Waals surface area contributed by atoms with E-state index in [0.717, 1.165) is 48.2 Å². The lowest BCUT2D eigenvalue weighted by Crippen LogP contribution is -2.25. The van der Waals surface area contributed by atoms with E-state index in [4.69, 9.17) is 0 Å². The predicted molar refractivity (Wildman–Crippen MR) is 115 cm³/mol. The van der Waals surface area contributed by atoms with Gasteiger partial charge in [-0.25, -0.2) is 9.97 Å². The highest BCUT2D eigenvalue weighted by atomic mass is 32.1. The molecule has 0 unspecified atom stereocenters. The molecule has 29 heavy (non-hydrogen) atoms. The number of nitrogens with zero attached hydrogens (tertiary/aromatic N) is 3. The van der Waals surface area contributed by atoms with E-state index in [1.165, 1.54) is 38.1 Å². The van der Waals surface area contributed by atoms with Gasteiger partial charge in [-0.05, 0) is 31.2 Å². The van der Waals surface area contributed by atoms with E-state index in [1.54, 1.807) is 6.20 Å². The fraction of sp³-hybridized carbons (Fsp3) is 0.238. The van der Waals surface area contributed by atoms with Crippen LogP contribution in [0.3, 0.4) is 0 Å². The number of nitrogens with one attached hydrogen (secondary N) is 1. The van der Waals surface area contributed by atoms with Crippen LogP contribution in [0.1, 0.15) is 44.2 Å². The van der Waals surface area contributed by atoms with Gasteiger partial charge in [-0.15, -0.1) is 22.7 Å². The van der Waals surface area contributed by atoms with Crippen LogP contribution in [-0.4, -0.2) is 20.3 Å². The summed E-state index contributed by atoms with van der Waals surface area (Å²) < 4.78 is 1.46. The molecule has 8 heteroatoms. The predicted octanol–water partition coefficient (Wildman–Crippen LogP) is 3.93. The van der Waals surface area contributed by atoms with Crippen molar-refractivity contribution < 1.29 is 4.79 Å². The van der Waals surface area contributed by atoms with Gasteiger partial charge in [-0.3, -0.25) is 19.3 Å². The Hall–Kier alpha value is -2.84. The second-order valence-corrected chi connectivity index (χ2v) is 9.22. The lowest BCUT2D eigenvalue weighted by atomic mass is 10.0. The molecule has 0 spiro atoms. The molecule has 6 nitrogen and oxygen atoms in total. The molecule has 0 fully saturated rings. The summed E-state index contributed by atoms with van der Waals surface area (Å²) in [6.45, 7) is 0. The Morgan fingerprint density at radius 2 is 1.97 bits per heavy atom. The summed E-state index contributed by atoms with van der Waals surface area (Å²) in [5.41, 5.74) is 1.91. The topological polar surface area (TPSA) is 76.4 Å². The number of rotatable bonds is 4. The minimum absolute atomic E-state index is 0.0275. The fourth-order valence-electron chi connectivity index (χ4n) is 3.54. The monoisotopic (exact) mass is 422 g/mol. The van der Waals surface area contributed by atoms with Crippen LogP contribution < -0.4 is 10.9 Å². The zero-order valence-electron chi connectivity index (χ0n) is 15.6. The fourth-order valence-corrected chi connectivity index (χ4v) is 5.55. The maximum absolute atomic E-state index is 12.9. The summed E-state index contributed by atoms with van der Waals surface area (Å²) in [6, 6.07) is 10.1. The van der Waals surface area contributed by atoms with Crippen LogP contribution in [0.5, 0.6) is 0 Å². The van der Waals surface area contributed by atoms with Gasteiger partial charge in [0.15, 0.2) is 10.1 Å². The first-order valence-electron chi connectivity index (χ1n) is 9.51. The molecule has 1 amide bonds. The molecule has 0 saturated carbocycles. The van der Waals surface area contributed by atoms with Gasteiger partial charge < -0.3 is 0 Å². The third kappa shape index (κ3) is 3.61. The normalized spacial score (nSPS) is 13.4. The number of thiazole rings is 2. The standard InChI is InChI=1S/C21H18N4O2S2/c26-18(24-20-23-16-8-4-5-9-17(16)29-20)15-11-22-21-25(19(15)27)12-14(28-21)10-13-6-2-1-3-7-13/h1-3,6-7,11-12H,4-5,8-10H2,(H,23,24,26). The molecule has 1 aliphatic carbocycles. The summed E-state index contributed by atoms with van der Waals surface area (Å²) in [4.78, 5) is 37.3. The van der Waals surface area contributed by atoms with Crippen molar-refractivity contribution >= 4 is 38.7 Å². The largest absolute Gasteiger partial charge is 0.298 e. The highest BCUT2D eigenvalue weighted by Crippen LogP contribution is 2.29. The number of amides is 1. The number of hydrogen-bond acceptors (Lipinski definition) is 6. The number of carbonyl (C=O) groups is 1. The van der Waals surface area contributed by atoms with Gasteiger partial charge in [0, 0.05) is 28.6 Å². The summed E-state index contributed by atoms with van der Waals surface area (Å²) in [6.07, 6.45) is 8.13. The second-order valence-electron chi connectivity index (χ2n) is 7.04. The third-order valence-electron chi connectivity index (χ3n) is 4.99. The minimum atomic E-state index is -0.459. The average molecular weight is 423 g/mol. The Labute approximate surface area is 174 Å². The molecule has 146 valence electrons. The summed E-state index contributed by atoms with van der Waals surface area (Å²) >= 11 is 2.96. The zero-order valence-corrected chi connectivity index (χ0v) is 17.2. The molecule has 3 heterocycles. The Morgan fingerprint density at radius 3 is 2.79 bits per heavy atom. The van der Waals surface area contributed by atoms with Crippen LogP contribution in [0.4, 0.5) is 5.13 Å². The van der Waals surface area contributed by atoms with E-state index < -0.39 is 5.91 Å². The average Bonchev–Trinajstić information content (AvgIpc) is 3.32. The lowest BCUT2D eigenvalue weighted by Gasteiger charge is -2.06. The molecule has 3 aromatic heterocycles. The van der Waals surface area contributed by atoms with Crippen LogP contribution in [0.25, 0.3) is 4.96 Å². The Kier molecular flexibility index (Phi) is 4.73. The Balaban J connectivity index is 1.41. The molecule has 0 saturated heterocycles. The molecule has 0 aliphatic heterocycles. The molecule has 4 aromatic rings. The van der Waals surface area contributed by atoms with Gasteiger partial charge in [0.1, 0.15) is 5.56 Å². The van der Waals surface area contributed by atoms with Crippen LogP contribution in [-0.2, 0) is 19.3 Å². The number of aromatic nitrogens is 3. The van der Waals surface area contributed by atoms with Gasteiger partial charge in [0.25, 0.3) is 11.5 Å². The molecular weight excluding hydrogens is 404 g/mol. The quantitative estimate of drug-likeness (QED) is 0.541. The first-order valence-corrected chi connectivity index (χ1v) is 11.1. The molecule has 0 atom stereocenters. The van der Waals surface area contributed by atoms with Gasteiger partial charge in [0.05, 0.1) is 5.69 Å². The molecular formula is C21H18N4O2S2. The summed E-state index contributed by atoms with van der Waals surface area (Å²) in [7, 11) is 0. The molecule has 1 N–H and O–H groups in total. The van der Waals surface area contributed by atoms with Crippen LogP contribution >= 0.6 is 22.7 Å². The number of carbonyl (C=O) groups excluding carboxylic acids is 1. The molecule has 1 aromatic carbocycles. The van der Waals surface area contributed by atoms with Crippen molar-refractivity contribution in [2.75, 3.05) is 5.32 Å². The number of fused-ring (bicyclic) bond motifs is 2. The summed E-state index contributed by atoms with van der Waals surface area (Å²) in [5, 5.41) is 3.34. The Bertz CT molecular complexity index is 1230. The van der Waals surface area contributed by atoms with Gasteiger partial charge in [-0.1, -0.05) is 30.3 Å². The van der Waals surface area contributed by atoms with Crippen molar-refractivity contribution in [1.29, 1.82) is 0 Å². The van der Waals surface area contributed by atoms with Crippen molar-refractivity contribution in [2.45, 2.75) is 32.1 Å². The van der Waals surface area contributed by atoms with E-state index in [1.807, 2.05) is 30.3 Å². The molecule has 0 radical (unpaired) electrons. The van der Waals surface area contributed by atoms with E-state index in [2.05, 4.69) is 15.3 Å². The third-order valence-corrected chi connectivity index (χ3v) is 7.06. The van der Waals surface area contributed by atoms with Crippen LogP contribution in [0.15, 0.2) is 47.5 Å². The molecule has 5 rings (SSSR count). The number of anilines is 1. The first-order chi connectivity index (χ1) is 14.2. The summed E-state index contributed by atoms with van der Waals surface area (Å²) in [5.74, 6) is -0.459. The van der Waals surface area contributed by atoms with Crippen LogP contribution in [0, 0.1) is 0 Å².